The van der Waals surface area contributed by atoms with Crippen LogP contribution in [0.1, 0.15) is 16.7 Å². The van der Waals surface area contributed by atoms with Crippen molar-refractivity contribution in [3.05, 3.63) is 90.7 Å². The molecule has 1 N–H and O–H groups in total. The van der Waals surface area contributed by atoms with E-state index in [1.165, 1.54) is 11.8 Å². The third-order valence-electron chi connectivity index (χ3n) is 4.99. The molecule has 0 unspecified atom stereocenters. The molecule has 1 aliphatic heterocycles. The van der Waals surface area contributed by atoms with Crippen LogP contribution < -0.4 is 14.8 Å². The summed E-state index contributed by atoms with van der Waals surface area (Å²) in [5.74, 6) is 0.851. The number of halogens is 3. The highest BCUT2D eigenvalue weighted by Crippen LogP contribution is 2.39. The maximum atomic E-state index is 12.5. The lowest BCUT2D eigenvalue weighted by Crippen LogP contribution is -2.19. The van der Waals surface area contributed by atoms with Gasteiger partial charge in [0.25, 0.3) is 5.91 Å². The minimum absolute atomic E-state index is 0.224. The lowest BCUT2D eigenvalue weighted by molar-refractivity contribution is -0.115. The highest BCUT2D eigenvalue weighted by molar-refractivity contribution is 9.10. The van der Waals surface area contributed by atoms with Gasteiger partial charge in [0, 0.05) is 15.6 Å². The molecule has 0 aromatic heterocycles. The number of amidine groups is 1. The van der Waals surface area contributed by atoms with Crippen LogP contribution in [0.5, 0.6) is 11.5 Å². The van der Waals surface area contributed by atoms with Crippen molar-refractivity contribution in [2.45, 2.75) is 13.5 Å². The normalized spacial score (nSPS) is 15.6. The largest absolute Gasteiger partial charge is 0.493 e. The third-order valence-corrected chi connectivity index (χ3v) is 7.27. The van der Waals surface area contributed by atoms with Crippen molar-refractivity contribution < 1.29 is 14.3 Å². The number of benzene rings is 3. The van der Waals surface area contributed by atoms with E-state index >= 15 is 0 Å². The lowest BCUT2D eigenvalue weighted by Gasteiger charge is -2.14. The topological polar surface area (TPSA) is 59.9 Å². The molecule has 1 fully saturated rings. The van der Waals surface area contributed by atoms with Gasteiger partial charge in [-0.15, -0.1) is 0 Å². The molecule has 0 radical (unpaired) electrons. The molecule has 3 aromatic carbocycles. The molecule has 1 amide bonds. The summed E-state index contributed by atoms with van der Waals surface area (Å²) < 4.78 is 12.2. The molecule has 0 bridgehead atoms. The summed E-state index contributed by atoms with van der Waals surface area (Å²) in [5.41, 5.74) is 3.20. The van der Waals surface area contributed by atoms with Crippen LogP contribution in [-0.4, -0.2) is 18.2 Å². The Hall–Kier alpha value is -2.45. The highest BCUT2D eigenvalue weighted by Gasteiger charge is 2.24. The Labute approximate surface area is 220 Å². The smallest absolute Gasteiger partial charge is 0.264 e. The van der Waals surface area contributed by atoms with Crippen molar-refractivity contribution in [2.75, 3.05) is 7.11 Å². The molecule has 0 spiro atoms. The van der Waals surface area contributed by atoms with Gasteiger partial charge in [0.2, 0.25) is 0 Å². The van der Waals surface area contributed by atoms with E-state index in [0.717, 1.165) is 16.7 Å². The van der Waals surface area contributed by atoms with E-state index in [9.17, 15) is 4.79 Å². The first-order chi connectivity index (χ1) is 16.4. The highest BCUT2D eigenvalue weighted by atomic mass is 79.9. The SMILES string of the molecule is COc1cc(/C=C2\SC(=Nc3cccc(Cl)c3C)NC2=O)cc(Br)c1OCc1ccccc1Cl. The van der Waals surface area contributed by atoms with Gasteiger partial charge in [0.05, 0.1) is 22.2 Å². The molecule has 9 heteroatoms. The van der Waals surface area contributed by atoms with E-state index in [1.54, 1.807) is 19.3 Å². The van der Waals surface area contributed by atoms with Gasteiger partial charge in [0.15, 0.2) is 16.7 Å². The van der Waals surface area contributed by atoms with Crippen molar-refractivity contribution in [3.8, 4) is 11.5 Å². The molecule has 3 aromatic rings. The van der Waals surface area contributed by atoms with Crippen LogP contribution in [-0.2, 0) is 11.4 Å². The average molecular weight is 578 g/mol. The number of carbonyl (C=O) groups excluding carboxylic acids is 1. The zero-order valence-corrected chi connectivity index (χ0v) is 22.1. The fourth-order valence-corrected chi connectivity index (χ4v) is 4.96. The maximum Gasteiger partial charge on any atom is 0.264 e. The Morgan fingerprint density at radius 1 is 1.12 bits per heavy atom. The molecule has 0 saturated carbocycles. The number of thioether (sulfide) groups is 1. The summed E-state index contributed by atoms with van der Waals surface area (Å²) in [6.45, 7) is 2.18. The summed E-state index contributed by atoms with van der Waals surface area (Å²) in [6.07, 6.45) is 1.78. The molecule has 1 aliphatic rings. The standard InChI is InChI=1S/C25H19BrCl2N2O3S/c1-14-18(27)8-5-9-20(14)29-25-30-24(31)22(34-25)12-15-10-17(26)23(21(11-15)32-2)33-13-16-6-3-4-7-19(16)28/h3-12H,13H2,1-2H3,(H,29,30,31)/b22-12-. The van der Waals surface area contributed by atoms with E-state index in [1.807, 2.05) is 55.5 Å². The molecule has 0 aliphatic carbocycles. The summed E-state index contributed by atoms with van der Waals surface area (Å²) in [5, 5.41) is 4.55. The zero-order chi connectivity index (χ0) is 24.2. The number of aliphatic imine (C=N–C) groups is 1. The van der Waals surface area contributed by atoms with Crippen LogP contribution in [0.2, 0.25) is 10.0 Å². The molecular weight excluding hydrogens is 559 g/mol. The van der Waals surface area contributed by atoms with Crippen molar-refractivity contribution in [1.82, 2.24) is 5.32 Å². The minimum atomic E-state index is -0.224. The number of ether oxygens (including phenoxy) is 2. The van der Waals surface area contributed by atoms with Crippen LogP contribution >= 0.6 is 50.9 Å². The molecular formula is C25H19BrCl2N2O3S. The van der Waals surface area contributed by atoms with Crippen LogP contribution in [0, 0.1) is 6.92 Å². The van der Waals surface area contributed by atoms with Crippen LogP contribution in [0.15, 0.2) is 69.0 Å². The van der Waals surface area contributed by atoms with E-state index in [2.05, 4.69) is 26.2 Å². The van der Waals surface area contributed by atoms with E-state index in [-0.39, 0.29) is 12.5 Å². The summed E-state index contributed by atoms with van der Waals surface area (Å²) in [7, 11) is 1.57. The van der Waals surface area contributed by atoms with Crippen molar-refractivity contribution in [3.63, 3.8) is 0 Å². The van der Waals surface area contributed by atoms with Gasteiger partial charge >= 0.3 is 0 Å². The second-order valence-corrected chi connectivity index (χ2v) is 9.98. The van der Waals surface area contributed by atoms with Gasteiger partial charge in [-0.1, -0.05) is 47.5 Å². The maximum absolute atomic E-state index is 12.5. The number of carbonyl (C=O) groups is 1. The van der Waals surface area contributed by atoms with E-state index in [4.69, 9.17) is 32.7 Å². The van der Waals surface area contributed by atoms with Crippen molar-refractivity contribution >= 4 is 73.7 Å². The first kappa shape index (κ1) is 24.7. The van der Waals surface area contributed by atoms with Gasteiger partial charge in [-0.25, -0.2) is 4.99 Å². The first-order valence-corrected chi connectivity index (χ1v) is 12.5. The number of hydrogen-bond donors (Lipinski definition) is 1. The monoisotopic (exact) mass is 576 g/mol. The number of amides is 1. The van der Waals surface area contributed by atoms with Crippen LogP contribution in [0.25, 0.3) is 6.08 Å². The number of hydrogen-bond acceptors (Lipinski definition) is 5. The van der Waals surface area contributed by atoms with Crippen molar-refractivity contribution in [2.24, 2.45) is 4.99 Å². The van der Waals surface area contributed by atoms with Gasteiger partial charge in [-0.2, -0.15) is 0 Å². The Morgan fingerprint density at radius 2 is 1.88 bits per heavy atom. The molecule has 174 valence electrons. The Balaban J connectivity index is 1.56. The molecule has 1 heterocycles. The van der Waals surface area contributed by atoms with Gasteiger partial charge in [-0.05, 0) is 82.2 Å². The Morgan fingerprint density at radius 3 is 2.65 bits per heavy atom. The van der Waals surface area contributed by atoms with Gasteiger partial charge in [-0.3, -0.25) is 4.79 Å². The fourth-order valence-electron chi connectivity index (χ4n) is 3.19. The number of methoxy groups -OCH3 is 1. The lowest BCUT2D eigenvalue weighted by atomic mass is 10.2. The molecule has 4 rings (SSSR count). The van der Waals surface area contributed by atoms with Crippen LogP contribution in [0.4, 0.5) is 5.69 Å². The predicted molar refractivity (Wildman–Crippen MR) is 143 cm³/mol. The number of nitrogens with zero attached hydrogens (tertiary/aromatic N) is 1. The van der Waals surface area contributed by atoms with E-state index < -0.39 is 0 Å². The molecule has 34 heavy (non-hydrogen) atoms. The van der Waals surface area contributed by atoms with Crippen molar-refractivity contribution in [1.29, 1.82) is 0 Å². The summed E-state index contributed by atoms with van der Waals surface area (Å²) in [6, 6.07) is 16.7. The minimum Gasteiger partial charge on any atom is -0.493 e. The Bertz CT molecular complexity index is 1330. The predicted octanol–water partition coefficient (Wildman–Crippen LogP) is 7.54. The zero-order valence-electron chi connectivity index (χ0n) is 18.2. The molecule has 5 nitrogen and oxygen atoms in total. The fraction of sp³-hybridized carbons (Fsp3) is 0.120. The van der Waals surface area contributed by atoms with E-state index in [0.29, 0.717) is 41.8 Å². The van der Waals surface area contributed by atoms with Gasteiger partial charge in [0.1, 0.15) is 6.61 Å². The van der Waals surface area contributed by atoms with Gasteiger partial charge < -0.3 is 14.8 Å². The summed E-state index contributed by atoms with van der Waals surface area (Å²) >= 11 is 17.2. The third kappa shape index (κ3) is 5.61. The first-order valence-electron chi connectivity index (χ1n) is 10.1. The Kier molecular flexibility index (Phi) is 7.88. The molecule has 1 saturated heterocycles. The second kappa shape index (κ2) is 10.9. The summed E-state index contributed by atoms with van der Waals surface area (Å²) in [4.78, 5) is 17.6. The second-order valence-electron chi connectivity index (χ2n) is 7.28. The average Bonchev–Trinajstić information content (AvgIpc) is 3.15. The van der Waals surface area contributed by atoms with Crippen LogP contribution in [0.3, 0.4) is 0 Å². The molecule has 0 atom stereocenters. The quantitative estimate of drug-likeness (QED) is 0.307. The number of rotatable bonds is 6. The number of nitrogens with one attached hydrogen (secondary N) is 1.